The second-order valence-corrected chi connectivity index (χ2v) is 14.1. The number of carbonyl (C=O) groups excluding carboxylic acids is 1. The minimum absolute atomic E-state index is 0.119. The van der Waals surface area contributed by atoms with Crippen molar-refractivity contribution in [1.82, 2.24) is 4.58 Å². The van der Waals surface area contributed by atoms with Gasteiger partial charge >= 0.3 is 5.97 Å². The Morgan fingerprint density at radius 2 is 1.50 bits per heavy atom. The zero-order chi connectivity index (χ0) is 35.3. The molecule has 3 heterocycles. The quantitative estimate of drug-likeness (QED) is 0.232. The van der Waals surface area contributed by atoms with Gasteiger partial charge < -0.3 is 14.4 Å². The van der Waals surface area contributed by atoms with Crippen LogP contribution in [0.2, 0.25) is 0 Å². The van der Waals surface area contributed by atoms with E-state index in [9.17, 15) is 4.79 Å². The lowest BCUT2D eigenvalue weighted by atomic mass is 9.83. The number of hydrogen-bond acceptors (Lipinski definition) is 8. The first-order valence-corrected chi connectivity index (χ1v) is 17.4. The highest BCUT2D eigenvalue weighted by molar-refractivity contribution is 6.00. The average molecular weight is 675 g/mol. The standard InChI is InChI=1S/C38H43N2O3.ClHO4/c1-10-39-31-19-33-29(17-27(31)23(4)21-37(39,6)7)35(25-15-13-14-16-26(25)36(41)42-12-3)30-18-28-24(5)22-38(8,9)40(11-2)32(28)20-34(30)43-33;2-1(3,4)5/h13-22H,10-12H2,1-9H3;(H,2,3,4,5)/q+1;/p-1. The number of likely N-dealkylation sites (N-methyl/N-ethyl adjacent to an activating group) is 2. The minimum atomic E-state index is -4.94. The Hall–Kier alpha value is -3.99. The monoisotopic (exact) mass is 674 g/mol. The Morgan fingerprint density at radius 1 is 0.854 bits per heavy atom. The molecule has 3 aliphatic rings. The van der Waals surface area contributed by atoms with Crippen LogP contribution in [0, 0.1) is 10.2 Å². The van der Waals surface area contributed by atoms with Gasteiger partial charge in [0.15, 0.2) is 5.54 Å². The number of fused-ring (bicyclic) bond motifs is 4. The molecule has 0 N–H and O–H groups in total. The molecule has 0 aliphatic carbocycles. The molecule has 0 bridgehead atoms. The van der Waals surface area contributed by atoms with Gasteiger partial charge in [-0.25, -0.2) is 28.0 Å². The Bertz CT molecular complexity index is 1980. The fraction of sp³-hybridized carbons (Fsp3) is 0.368. The Labute approximate surface area is 284 Å². The van der Waals surface area contributed by atoms with E-state index in [-0.39, 0.29) is 17.0 Å². The lowest BCUT2D eigenvalue weighted by Gasteiger charge is -2.43. The van der Waals surface area contributed by atoms with Gasteiger partial charge in [0.05, 0.1) is 23.8 Å². The van der Waals surface area contributed by atoms with Crippen molar-refractivity contribution in [2.24, 2.45) is 0 Å². The topological polar surface area (TPSA) is 134 Å². The third-order valence-corrected chi connectivity index (χ3v) is 9.24. The van der Waals surface area contributed by atoms with Crippen LogP contribution in [0.15, 0.2) is 60.7 Å². The smallest absolute Gasteiger partial charge is 0.338 e. The van der Waals surface area contributed by atoms with Crippen LogP contribution >= 0.6 is 0 Å². The molecule has 9 nitrogen and oxygen atoms in total. The summed E-state index contributed by atoms with van der Waals surface area (Å²) in [5, 5.41) is 2.15. The van der Waals surface area contributed by atoms with Crippen molar-refractivity contribution < 1.29 is 43.1 Å². The van der Waals surface area contributed by atoms with Gasteiger partial charge in [-0.15, -0.1) is 10.2 Å². The van der Waals surface area contributed by atoms with E-state index in [0.717, 1.165) is 46.5 Å². The summed E-state index contributed by atoms with van der Waals surface area (Å²) in [7, 11) is -4.94. The maximum absolute atomic E-state index is 13.3. The maximum Gasteiger partial charge on any atom is 0.338 e. The molecule has 48 heavy (non-hydrogen) atoms. The van der Waals surface area contributed by atoms with Crippen LogP contribution in [0.25, 0.3) is 16.7 Å². The lowest BCUT2D eigenvalue weighted by molar-refractivity contribution is -2.00. The second kappa shape index (κ2) is 12.8. The molecule has 0 saturated heterocycles. The highest BCUT2D eigenvalue weighted by Crippen LogP contribution is 2.46. The van der Waals surface area contributed by atoms with Crippen LogP contribution in [0.4, 0.5) is 5.69 Å². The zero-order valence-corrected chi connectivity index (χ0v) is 29.8. The van der Waals surface area contributed by atoms with Gasteiger partial charge in [-0.05, 0) is 89.5 Å². The molecular formula is C38H43ClN2O7. The molecule has 3 aromatic rings. The number of rotatable bonds is 5. The molecule has 0 unspecified atom stereocenters. The molecule has 0 spiro atoms. The second-order valence-electron chi connectivity index (χ2n) is 13.3. The molecule has 0 fully saturated rings. The zero-order valence-electron chi connectivity index (χ0n) is 29.0. The Balaban J connectivity index is 0.000000840. The molecular weight excluding hydrogens is 632 g/mol. The van der Waals surface area contributed by atoms with E-state index < -0.39 is 10.2 Å². The minimum Gasteiger partial charge on any atom is -0.462 e. The summed E-state index contributed by atoms with van der Waals surface area (Å²) in [6.07, 6.45) is 4.70. The molecule has 10 heteroatoms. The molecule has 3 aliphatic heterocycles. The molecule has 0 atom stereocenters. The number of hydrogen-bond donors (Lipinski definition) is 0. The number of benzene rings is 3. The summed E-state index contributed by atoms with van der Waals surface area (Å²) in [5.41, 5.74) is 9.16. The Kier molecular flexibility index (Phi) is 9.42. The molecule has 0 saturated carbocycles. The predicted molar refractivity (Wildman–Crippen MR) is 176 cm³/mol. The number of anilines is 1. The average Bonchev–Trinajstić information content (AvgIpc) is 2.97. The fourth-order valence-electron chi connectivity index (χ4n) is 7.57. The number of halogens is 1. The van der Waals surface area contributed by atoms with E-state index in [4.69, 9.17) is 28.1 Å². The molecule has 3 aromatic carbocycles. The summed E-state index contributed by atoms with van der Waals surface area (Å²) in [6.45, 7) is 21.7. The van der Waals surface area contributed by atoms with E-state index in [1.54, 1.807) is 0 Å². The van der Waals surface area contributed by atoms with Crippen molar-refractivity contribution in [3.05, 3.63) is 99.1 Å². The van der Waals surface area contributed by atoms with Gasteiger partial charge in [0.25, 0.3) is 0 Å². The highest BCUT2D eigenvalue weighted by Gasteiger charge is 2.36. The molecule has 6 rings (SSSR count). The van der Waals surface area contributed by atoms with Crippen molar-refractivity contribution in [1.29, 1.82) is 0 Å². The summed E-state index contributed by atoms with van der Waals surface area (Å²) >= 11 is 0. The van der Waals surface area contributed by atoms with Crippen molar-refractivity contribution in [2.75, 3.05) is 24.6 Å². The third kappa shape index (κ3) is 6.53. The van der Waals surface area contributed by atoms with E-state index in [0.29, 0.717) is 12.2 Å². The molecule has 0 aromatic heterocycles. The fourth-order valence-corrected chi connectivity index (χ4v) is 7.57. The third-order valence-electron chi connectivity index (χ3n) is 9.24. The van der Waals surface area contributed by atoms with E-state index >= 15 is 0 Å². The molecule has 254 valence electrons. The van der Waals surface area contributed by atoms with Crippen molar-refractivity contribution in [3.63, 3.8) is 0 Å². The van der Waals surface area contributed by atoms with E-state index in [2.05, 4.69) is 101 Å². The summed E-state index contributed by atoms with van der Waals surface area (Å²) in [5.74, 6) is 1.28. The van der Waals surface area contributed by atoms with Gasteiger partial charge in [0, 0.05) is 59.6 Å². The summed E-state index contributed by atoms with van der Waals surface area (Å²) < 4.78 is 48.8. The van der Waals surface area contributed by atoms with E-state index in [1.165, 1.54) is 33.3 Å². The molecule has 0 radical (unpaired) electrons. The Morgan fingerprint density at radius 3 is 2.12 bits per heavy atom. The number of nitrogens with zero attached hydrogens (tertiary/aromatic N) is 2. The van der Waals surface area contributed by atoms with Gasteiger partial charge in [0.1, 0.15) is 18.0 Å². The van der Waals surface area contributed by atoms with Gasteiger partial charge in [-0.1, -0.05) is 24.3 Å². The van der Waals surface area contributed by atoms with Crippen LogP contribution in [-0.4, -0.2) is 36.7 Å². The summed E-state index contributed by atoms with van der Waals surface area (Å²) in [4.78, 5) is 15.7. The number of carbonyl (C=O) groups is 1. The van der Waals surface area contributed by atoms with Crippen molar-refractivity contribution >= 4 is 28.4 Å². The number of allylic oxidation sites excluding steroid dienone is 2. The van der Waals surface area contributed by atoms with Gasteiger partial charge in [-0.2, -0.15) is 0 Å². The van der Waals surface area contributed by atoms with E-state index in [1.807, 2.05) is 31.2 Å². The van der Waals surface area contributed by atoms with Crippen LogP contribution in [0.1, 0.15) is 94.9 Å². The van der Waals surface area contributed by atoms with Gasteiger partial charge in [0.2, 0.25) is 5.36 Å². The number of ether oxygens (including phenoxy) is 2. The first-order chi connectivity index (χ1) is 22.4. The highest BCUT2D eigenvalue weighted by atomic mass is 35.7. The van der Waals surface area contributed by atoms with Crippen molar-refractivity contribution in [2.45, 2.75) is 73.4 Å². The van der Waals surface area contributed by atoms with Gasteiger partial charge in [-0.3, -0.25) is 0 Å². The predicted octanol–water partition coefficient (Wildman–Crippen LogP) is 2.19. The van der Waals surface area contributed by atoms with Crippen LogP contribution in [0.3, 0.4) is 0 Å². The van der Waals surface area contributed by atoms with Crippen LogP contribution < -0.4 is 43.4 Å². The van der Waals surface area contributed by atoms with Crippen molar-refractivity contribution in [3.8, 4) is 11.5 Å². The maximum atomic E-state index is 13.3. The van der Waals surface area contributed by atoms with Crippen LogP contribution in [-0.2, 0) is 4.74 Å². The number of esters is 1. The first-order valence-electron chi connectivity index (χ1n) is 16.2. The van der Waals surface area contributed by atoms with Crippen LogP contribution in [0.5, 0.6) is 11.5 Å². The SMILES string of the molecule is CCOC(=O)c1ccccc1C1=c2cc3c(cc2Oc2cc4c(cc21)C(C)=CC(C)(C)N4CC)=[N+](CC)C(C)(C)C=C3C.[O-][Cl+3]([O-])([O-])[O-]. The normalized spacial score (nSPS) is 17.0. The largest absolute Gasteiger partial charge is 0.462 e. The first kappa shape index (κ1) is 35.3. The lowest BCUT2D eigenvalue weighted by Crippen LogP contribution is -2.68. The summed E-state index contributed by atoms with van der Waals surface area (Å²) in [6, 6.07) is 16.7. The molecule has 0 amide bonds.